The number of benzene rings is 2. The maximum Gasteiger partial charge on any atom is 0.246 e. The zero-order valence-electron chi connectivity index (χ0n) is 17.6. The topological polar surface area (TPSA) is 51.2 Å². The lowest BCUT2D eigenvalue weighted by Crippen LogP contribution is -2.47. The van der Waals surface area contributed by atoms with E-state index >= 15 is 0 Å². The second-order valence-electron chi connectivity index (χ2n) is 7.02. The number of rotatable bonds is 7. The Kier molecular flexibility index (Phi) is 7.60. The Morgan fingerprint density at radius 1 is 0.967 bits per heavy atom. The highest BCUT2D eigenvalue weighted by molar-refractivity contribution is 6.30. The number of carbonyl (C=O) groups excluding carboxylic acids is 1. The highest BCUT2D eigenvalue weighted by atomic mass is 35.5. The SMILES string of the molecule is COc1cc(/C=C/C(=O)N2CCN(Cc3ccc(Cl)cc3)CC2)cc(OC)c1OC. The van der Waals surface area contributed by atoms with Crippen LogP contribution in [0.1, 0.15) is 11.1 Å². The lowest BCUT2D eigenvalue weighted by Gasteiger charge is -2.34. The molecule has 0 aliphatic carbocycles. The van der Waals surface area contributed by atoms with Gasteiger partial charge in [0.2, 0.25) is 11.7 Å². The molecule has 160 valence electrons. The molecule has 1 saturated heterocycles. The summed E-state index contributed by atoms with van der Waals surface area (Å²) in [5.41, 5.74) is 2.03. The molecule has 1 fully saturated rings. The first-order chi connectivity index (χ1) is 14.5. The van der Waals surface area contributed by atoms with E-state index in [1.165, 1.54) is 5.56 Å². The van der Waals surface area contributed by atoms with E-state index < -0.39 is 0 Å². The fourth-order valence-electron chi connectivity index (χ4n) is 3.44. The van der Waals surface area contributed by atoms with E-state index in [4.69, 9.17) is 25.8 Å². The summed E-state index contributed by atoms with van der Waals surface area (Å²) in [6, 6.07) is 11.5. The smallest absolute Gasteiger partial charge is 0.246 e. The van der Waals surface area contributed by atoms with Crippen molar-refractivity contribution in [3.63, 3.8) is 0 Å². The predicted octanol–water partition coefficient (Wildman–Crippen LogP) is 3.72. The molecule has 1 aliphatic rings. The van der Waals surface area contributed by atoms with Crippen LogP contribution in [0.4, 0.5) is 0 Å². The fourth-order valence-corrected chi connectivity index (χ4v) is 3.57. The van der Waals surface area contributed by atoms with Crippen molar-refractivity contribution >= 4 is 23.6 Å². The number of hydrogen-bond donors (Lipinski definition) is 0. The minimum Gasteiger partial charge on any atom is -0.493 e. The average molecular weight is 431 g/mol. The van der Waals surface area contributed by atoms with Crippen molar-refractivity contribution in [3.05, 3.63) is 58.6 Å². The number of amides is 1. The Hall–Kier alpha value is -2.70. The van der Waals surface area contributed by atoms with Crippen molar-refractivity contribution < 1.29 is 19.0 Å². The van der Waals surface area contributed by atoms with E-state index in [1.54, 1.807) is 33.5 Å². The van der Waals surface area contributed by atoms with Gasteiger partial charge in [-0.3, -0.25) is 9.69 Å². The zero-order valence-corrected chi connectivity index (χ0v) is 18.3. The molecule has 2 aromatic rings. The first-order valence-electron chi connectivity index (χ1n) is 9.78. The van der Waals surface area contributed by atoms with Gasteiger partial charge in [0.05, 0.1) is 21.3 Å². The summed E-state index contributed by atoms with van der Waals surface area (Å²) in [6.07, 6.45) is 3.36. The molecule has 0 radical (unpaired) electrons. The Bertz CT molecular complexity index is 866. The van der Waals surface area contributed by atoms with E-state index in [0.29, 0.717) is 30.3 Å². The quantitative estimate of drug-likeness (QED) is 0.626. The zero-order chi connectivity index (χ0) is 21.5. The maximum atomic E-state index is 12.6. The third-order valence-electron chi connectivity index (χ3n) is 5.11. The molecule has 1 amide bonds. The number of halogens is 1. The summed E-state index contributed by atoms with van der Waals surface area (Å²) in [5.74, 6) is 1.63. The van der Waals surface area contributed by atoms with E-state index in [9.17, 15) is 4.79 Å². The summed E-state index contributed by atoms with van der Waals surface area (Å²) in [6.45, 7) is 3.94. The Balaban J connectivity index is 1.58. The average Bonchev–Trinajstić information content (AvgIpc) is 2.78. The molecule has 0 atom stereocenters. The van der Waals surface area contributed by atoms with Crippen LogP contribution < -0.4 is 14.2 Å². The van der Waals surface area contributed by atoms with Crippen molar-refractivity contribution in [1.82, 2.24) is 9.80 Å². The first kappa shape index (κ1) is 22.0. The van der Waals surface area contributed by atoms with Crippen LogP contribution >= 0.6 is 11.6 Å². The van der Waals surface area contributed by atoms with E-state index in [0.717, 1.165) is 30.2 Å². The predicted molar refractivity (Wildman–Crippen MR) is 118 cm³/mol. The summed E-state index contributed by atoms with van der Waals surface area (Å²) in [5, 5.41) is 0.744. The van der Waals surface area contributed by atoms with Gasteiger partial charge in [-0.1, -0.05) is 23.7 Å². The monoisotopic (exact) mass is 430 g/mol. The van der Waals surface area contributed by atoms with Crippen molar-refractivity contribution in [3.8, 4) is 17.2 Å². The van der Waals surface area contributed by atoms with Gasteiger partial charge in [0.25, 0.3) is 0 Å². The molecule has 3 rings (SSSR count). The van der Waals surface area contributed by atoms with Crippen molar-refractivity contribution in [2.45, 2.75) is 6.54 Å². The molecule has 0 aromatic heterocycles. The highest BCUT2D eigenvalue weighted by Gasteiger charge is 2.20. The third kappa shape index (κ3) is 5.46. The summed E-state index contributed by atoms with van der Waals surface area (Å²) >= 11 is 5.95. The lowest BCUT2D eigenvalue weighted by atomic mass is 10.1. The van der Waals surface area contributed by atoms with Gasteiger partial charge in [-0.2, -0.15) is 0 Å². The van der Waals surface area contributed by atoms with E-state index in [2.05, 4.69) is 4.90 Å². The van der Waals surface area contributed by atoms with Crippen LogP contribution in [-0.4, -0.2) is 63.2 Å². The van der Waals surface area contributed by atoms with Crippen molar-refractivity contribution in [2.24, 2.45) is 0 Å². The summed E-state index contributed by atoms with van der Waals surface area (Å²) < 4.78 is 16.1. The number of methoxy groups -OCH3 is 3. The largest absolute Gasteiger partial charge is 0.493 e. The van der Waals surface area contributed by atoms with Gasteiger partial charge >= 0.3 is 0 Å². The van der Waals surface area contributed by atoms with Gasteiger partial charge < -0.3 is 19.1 Å². The number of piperazine rings is 1. The molecule has 0 N–H and O–H groups in total. The van der Waals surface area contributed by atoms with Crippen molar-refractivity contribution in [2.75, 3.05) is 47.5 Å². The van der Waals surface area contributed by atoms with Crippen LogP contribution in [0.15, 0.2) is 42.5 Å². The molecular formula is C23H27ClN2O4. The van der Waals surface area contributed by atoms with Gasteiger partial charge in [-0.05, 0) is 41.5 Å². The third-order valence-corrected chi connectivity index (χ3v) is 5.36. The van der Waals surface area contributed by atoms with Crippen LogP contribution in [0.5, 0.6) is 17.2 Å². The maximum absolute atomic E-state index is 12.6. The molecule has 0 spiro atoms. The fraction of sp³-hybridized carbons (Fsp3) is 0.348. The number of hydrogen-bond acceptors (Lipinski definition) is 5. The Morgan fingerprint density at radius 2 is 1.57 bits per heavy atom. The molecular weight excluding hydrogens is 404 g/mol. The minimum absolute atomic E-state index is 0.00473. The van der Waals surface area contributed by atoms with E-state index in [-0.39, 0.29) is 5.91 Å². The normalized spacial score (nSPS) is 14.7. The van der Waals surface area contributed by atoms with Crippen LogP contribution in [0.25, 0.3) is 6.08 Å². The van der Waals surface area contributed by atoms with Gasteiger partial charge in [-0.25, -0.2) is 0 Å². The second-order valence-corrected chi connectivity index (χ2v) is 7.46. The number of carbonyl (C=O) groups is 1. The van der Waals surface area contributed by atoms with Gasteiger partial charge in [0, 0.05) is 43.8 Å². The first-order valence-corrected chi connectivity index (χ1v) is 10.2. The van der Waals surface area contributed by atoms with Crippen molar-refractivity contribution in [1.29, 1.82) is 0 Å². The van der Waals surface area contributed by atoms with E-state index in [1.807, 2.05) is 41.3 Å². The molecule has 2 aromatic carbocycles. The van der Waals surface area contributed by atoms with Crippen LogP contribution in [0.2, 0.25) is 5.02 Å². The molecule has 0 saturated carbocycles. The Morgan fingerprint density at radius 3 is 2.10 bits per heavy atom. The van der Waals surface area contributed by atoms with Gasteiger partial charge in [-0.15, -0.1) is 0 Å². The standard InChI is InChI=1S/C23H27ClN2O4/c1-28-20-14-18(15-21(29-2)23(20)30-3)6-9-22(27)26-12-10-25(11-13-26)16-17-4-7-19(24)8-5-17/h4-9,14-15H,10-13,16H2,1-3H3/b9-6+. The van der Waals surface area contributed by atoms with Crippen LogP contribution in [-0.2, 0) is 11.3 Å². The number of nitrogens with zero attached hydrogens (tertiary/aromatic N) is 2. The summed E-state index contributed by atoms with van der Waals surface area (Å²) in [7, 11) is 4.70. The Labute approximate surface area is 182 Å². The number of ether oxygens (including phenoxy) is 3. The second kappa shape index (κ2) is 10.4. The molecule has 0 bridgehead atoms. The van der Waals surface area contributed by atoms with Gasteiger partial charge in [0.1, 0.15) is 0 Å². The summed E-state index contributed by atoms with van der Waals surface area (Å²) in [4.78, 5) is 16.8. The minimum atomic E-state index is -0.00473. The molecule has 1 aliphatic heterocycles. The molecule has 30 heavy (non-hydrogen) atoms. The molecule has 1 heterocycles. The molecule has 7 heteroatoms. The lowest BCUT2D eigenvalue weighted by molar-refractivity contribution is -0.127. The molecule has 0 unspecified atom stereocenters. The molecule has 6 nitrogen and oxygen atoms in total. The van der Waals surface area contributed by atoms with Crippen LogP contribution in [0.3, 0.4) is 0 Å². The van der Waals surface area contributed by atoms with Crippen LogP contribution in [0, 0.1) is 0 Å². The highest BCUT2D eigenvalue weighted by Crippen LogP contribution is 2.38. The van der Waals surface area contributed by atoms with Gasteiger partial charge in [0.15, 0.2) is 11.5 Å².